The molecule has 1 saturated heterocycles. The van der Waals surface area contributed by atoms with Crippen molar-refractivity contribution in [3.8, 4) is 6.07 Å². The topological polar surface area (TPSA) is 106 Å². The maximum atomic E-state index is 14.5. The molecule has 0 radical (unpaired) electrons. The maximum absolute atomic E-state index is 14.5. The molecule has 3 aromatic carbocycles. The van der Waals surface area contributed by atoms with Gasteiger partial charge in [-0.3, -0.25) is 10.2 Å². The third-order valence-electron chi connectivity index (χ3n) is 7.59. The first-order valence-corrected chi connectivity index (χ1v) is 13.0. The molecule has 0 spiro atoms. The van der Waals surface area contributed by atoms with E-state index in [1.165, 1.54) is 19.1 Å². The van der Waals surface area contributed by atoms with Gasteiger partial charge in [0.05, 0.1) is 40.6 Å². The summed E-state index contributed by atoms with van der Waals surface area (Å²) in [7, 11) is 0. The number of hydrogen-bond acceptors (Lipinski definition) is 4. The Morgan fingerprint density at radius 2 is 1.95 bits per heavy atom. The van der Waals surface area contributed by atoms with Gasteiger partial charge < -0.3 is 24.3 Å². The number of fused-ring (bicyclic) bond motifs is 2. The zero-order valence-electron chi connectivity index (χ0n) is 21.5. The molecule has 9 heteroatoms. The van der Waals surface area contributed by atoms with Crippen LogP contribution in [0.15, 0.2) is 66.9 Å². The van der Waals surface area contributed by atoms with Gasteiger partial charge in [-0.1, -0.05) is 12.1 Å². The molecule has 0 bridgehead atoms. The molecule has 1 aliphatic rings. The van der Waals surface area contributed by atoms with Gasteiger partial charge in [-0.25, -0.2) is 4.39 Å². The lowest BCUT2D eigenvalue weighted by Gasteiger charge is -2.35. The summed E-state index contributed by atoms with van der Waals surface area (Å²) in [6, 6.07) is 20.3. The SMILES string of the molecule is CC(=O)Nc1ccc(C#N)cc1N1CCC(n2c(=N)n(Cc3cccc4[nH]ccc34)c3ccc(F)cc32)CC1. The van der Waals surface area contributed by atoms with Crippen LogP contribution in [0.1, 0.15) is 36.9 Å². The van der Waals surface area contributed by atoms with Crippen LogP contribution >= 0.6 is 0 Å². The number of nitriles is 1. The van der Waals surface area contributed by atoms with E-state index in [4.69, 9.17) is 0 Å². The van der Waals surface area contributed by atoms with Crippen molar-refractivity contribution >= 4 is 39.2 Å². The molecule has 196 valence electrons. The van der Waals surface area contributed by atoms with Gasteiger partial charge in [0.25, 0.3) is 0 Å². The summed E-state index contributed by atoms with van der Waals surface area (Å²) in [5.41, 5.74) is 6.02. The Morgan fingerprint density at radius 3 is 2.72 bits per heavy atom. The minimum absolute atomic E-state index is 0.00529. The zero-order chi connectivity index (χ0) is 27.1. The number of benzene rings is 3. The lowest BCUT2D eigenvalue weighted by Crippen LogP contribution is -2.38. The average molecular weight is 522 g/mol. The van der Waals surface area contributed by atoms with Crippen LogP contribution in [0.25, 0.3) is 21.9 Å². The van der Waals surface area contributed by atoms with Crippen molar-refractivity contribution in [1.82, 2.24) is 14.1 Å². The van der Waals surface area contributed by atoms with E-state index in [-0.39, 0.29) is 17.8 Å². The highest BCUT2D eigenvalue weighted by Crippen LogP contribution is 2.33. The number of anilines is 2. The summed E-state index contributed by atoms with van der Waals surface area (Å²) >= 11 is 0. The Hall–Kier alpha value is -4.84. The van der Waals surface area contributed by atoms with Crippen LogP contribution in [-0.4, -0.2) is 33.1 Å². The number of aromatic nitrogens is 3. The Morgan fingerprint density at radius 1 is 1.13 bits per heavy atom. The van der Waals surface area contributed by atoms with E-state index in [2.05, 4.69) is 27.3 Å². The van der Waals surface area contributed by atoms with Crippen LogP contribution in [0, 0.1) is 22.6 Å². The van der Waals surface area contributed by atoms with E-state index in [0.29, 0.717) is 42.0 Å². The molecular weight excluding hydrogens is 493 g/mol. The fourth-order valence-electron chi connectivity index (χ4n) is 5.79. The fourth-order valence-corrected chi connectivity index (χ4v) is 5.79. The highest BCUT2D eigenvalue weighted by atomic mass is 19.1. The number of rotatable bonds is 5. The van der Waals surface area contributed by atoms with Crippen LogP contribution in [-0.2, 0) is 11.3 Å². The molecule has 39 heavy (non-hydrogen) atoms. The number of nitrogens with zero attached hydrogens (tertiary/aromatic N) is 4. The first-order valence-electron chi connectivity index (χ1n) is 13.0. The molecule has 6 rings (SSSR count). The Balaban J connectivity index is 1.34. The van der Waals surface area contributed by atoms with E-state index < -0.39 is 0 Å². The van der Waals surface area contributed by atoms with Crippen molar-refractivity contribution in [2.75, 3.05) is 23.3 Å². The largest absolute Gasteiger partial charge is 0.370 e. The van der Waals surface area contributed by atoms with Gasteiger partial charge in [-0.15, -0.1) is 0 Å². The van der Waals surface area contributed by atoms with Gasteiger partial charge in [-0.05, 0) is 66.9 Å². The summed E-state index contributed by atoms with van der Waals surface area (Å²) in [5, 5.41) is 22.6. The molecule has 1 aliphatic heterocycles. The minimum atomic E-state index is -0.327. The van der Waals surface area contributed by atoms with Gasteiger partial charge >= 0.3 is 0 Å². The van der Waals surface area contributed by atoms with Crippen molar-refractivity contribution in [3.63, 3.8) is 0 Å². The summed E-state index contributed by atoms with van der Waals surface area (Å²) in [5.74, 6) is -0.498. The molecule has 3 heterocycles. The normalized spacial score (nSPS) is 14.1. The van der Waals surface area contributed by atoms with Crippen molar-refractivity contribution in [3.05, 3.63) is 89.4 Å². The fraction of sp³-hybridized carbons (Fsp3) is 0.233. The van der Waals surface area contributed by atoms with Gasteiger partial charge in [0.2, 0.25) is 11.5 Å². The van der Waals surface area contributed by atoms with E-state index >= 15 is 0 Å². The zero-order valence-corrected chi connectivity index (χ0v) is 21.5. The van der Waals surface area contributed by atoms with Crippen molar-refractivity contribution in [1.29, 1.82) is 10.7 Å². The average Bonchev–Trinajstić information content (AvgIpc) is 3.52. The van der Waals surface area contributed by atoms with Crippen LogP contribution in [0.5, 0.6) is 0 Å². The summed E-state index contributed by atoms with van der Waals surface area (Å²) in [6.07, 6.45) is 3.38. The number of H-pyrrole nitrogens is 1. The Bertz CT molecular complexity index is 1810. The number of amides is 1. The molecule has 0 aliphatic carbocycles. The monoisotopic (exact) mass is 521 g/mol. The number of carbonyl (C=O) groups is 1. The third-order valence-corrected chi connectivity index (χ3v) is 7.59. The minimum Gasteiger partial charge on any atom is -0.370 e. The Labute approximate surface area is 224 Å². The number of imidazole rings is 1. The number of hydrogen-bond donors (Lipinski definition) is 3. The number of piperidine rings is 1. The molecule has 3 N–H and O–H groups in total. The van der Waals surface area contributed by atoms with Crippen LogP contribution in [0.4, 0.5) is 15.8 Å². The van der Waals surface area contributed by atoms with E-state index in [0.717, 1.165) is 40.5 Å². The first kappa shape index (κ1) is 24.5. The highest BCUT2D eigenvalue weighted by Gasteiger charge is 2.26. The molecule has 1 fully saturated rings. The van der Waals surface area contributed by atoms with Gasteiger partial charge in [0.15, 0.2) is 0 Å². The van der Waals surface area contributed by atoms with Crippen molar-refractivity contribution in [2.45, 2.75) is 32.4 Å². The summed E-state index contributed by atoms with van der Waals surface area (Å²) < 4.78 is 18.4. The van der Waals surface area contributed by atoms with Gasteiger partial charge in [0.1, 0.15) is 5.82 Å². The Kier molecular flexibility index (Phi) is 6.15. The number of nitrogens with one attached hydrogen (secondary N) is 3. The first-order chi connectivity index (χ1) is 18.9. The van der Waals surface area contributed by atoms with Crippen molar-refractivity contribution in [2.24, 2.45) is 0 Å². The van der Waals surface area contributed by atoms with E-state index in [1.54, 1.807) is 24.3 Å². The number of halogens is 1. The molecule has 0 atom stereocenters. The molecular formula is C30H28FN7O. The lowest BCUT2D eigenvalue weighted by atomic mass is 10.0. The summed E-state index contributed by atoms with van der Waals surface area (Å²) in [4.78, 5) is 17.2. The second-order valence-corrected chi connectivity index (χ2v) is 10.0. The second-order valence-electron chi connectivity index (χ2n) is 10.0. The summed E-state index contributed by atoms with van der Waals surface area (Å²) in [6.45, 7) is 3.31. The molecule has 0 unspecified atom stereocenters. The standard InChI is InChI=1S/C30H28FN7O/c1-19(39)35-26-7-5-20(17-32)15-28(26)36-13-10-23(11-14-36)38-29-16-22(31)6-8-27(29)37(30(38)33)18-21-3-2-4-25-24(21)9-12-34-25/h2-9,12,15-16,23,33-34H,10-11,13-14,18H2,1H3,(H,35,39). The van der Waals surface area contributed by atoms with Crippen LogP contribution < -0.4 is 15.8 Å². The predicted molar refractivity (Wildman–Crippen MR) is 149 cm³/mol. The highest BCUT2D eigenvalue weighted by molar-refractivity contribution is 5.93. The smallest absolute Gasteiger partial charge is 0.221 e. The van der Waals surface area contributed by atoms with Crippen molar-refractivity contribution < 1.29 is 9.18 Å². The molecule has 1 amide bonds. The van der Waals surface area contributed by atoms with Crippen LogP contribution in [0.3, 0.4) is 0 Å². The molecule has 8 nitrogen and oxygen atoms in total. The predicted octanol–water partition coefficient (Wildman–Crippen LogP) is 5.26. The van der Waals surface area contributed by atoms with Gasteiger partial charge in [0, 0.05) is 43.2 Å². The van der Waals surface area contributed by atoms with Gasteiger partial charge in [-0.2, -0.15) is 5.26 Å². The lowest BCUT2D eigenvalue weighted by molar-refractivity contribution is -0.114. The second kappa shape index (κ2) is 9.80. The van der Waals surface area contributed by atoms with E-state index in [1.807, 2.05) is 33.5 Å². The number of carbonyl (C=O) groups excluding carboxylic acids is 1. The van der Waals surface area contributed by atoms with Crippen LogP contribution in [0.2, 0.25) is 0 Å². The maximum Gasteiger partial charge on any atom is 0.221 e. The molecule has 5 aromatic rings. The number of aromatic amines is 1. The molecule has 2 aromatic heterocycles. The van der Waals surface area contributed by atoms with E-state index in [9.17, 15) is 19.9 Å². The molecule has 0 saturated carbocycles. The quantitative estimate of drug-likeness (QED) is 0.294. The third kappa shape index (κ3) is 4.44.